The zero-order chi connectivity index (χ0) is 13.7. The van der Waals surface area contributed by atoms with Crippen LogP contribution in [0.5, 0.6) is 0 Å². The van der Waals surface area contributed by atoms with Gasteiger partial charge in [-0.1, -0.05) is 0 Å². The van der Waals surface area contributed by atoms with E-state index < -0.39 is 0 Å². The Morgan fingerprint density at radius 1 is 1.53 bits per heavy atom. The fourth-order valence-corrected chi connectivity index (χ4v) is 2.56. The Bertz CT molecular complexity index is 442. The van der Waals surface area contributed by atoms with Gasteiger partial charge in [0.1, 0.15) is 0 Å². The largest absolute Gasteiger partial charge is 0.385 e. The molecule has 1 aliphatic heterocycles. The SMILES string of the molecule is Cc1cc(NCCC2CCCNC2)ccc1[N+](=O)[O-]. The van der Waals surface area contributed by atoms with Gasteiger partial charge >= 0.3 is 0 Å². The molecule has 19 heavy (non-hydrogen) atoms. The summed E-state index contributed by atoms with van der Waals surface area (Å²) >= 11 is 0. The maximum absolute atomic E-state index is 10.7. The molecule has 1 unspecified atom stereocenters. The molecule has 0 aliphatic carbocycles. The summed E-state index contributed by atoms with van der Waals surface area (Å²) < 4.78 is 0. The van der Waals surface area contributed by atoms with Gasteiger partial charge in [-0.2, -0.15) is 0 Å². The lowest BCUT2D eigenvalue weighted by atomic mass is 9.96. The number of nitrogens with one attached hydrogen (secondary N) is 2. The summed E-state index contributed by atoms with van der Waals surface area (Å²) in [4.78, 5) is 10.4. The van der Waals surface area contributed by atoms with Crippen LogP contribution < -0.4 is 10.6 Å². The highest BCUT2D eigenvalue weighted by atomic mass is 16.6. The van der Waals surface area contributed by atoms with Crippen molar-refractivity contribution in [3.63, 3.8) is 0 Å². The van der Waals surface area contributed by atoms with Gasteiger partial charge in [0.05, 0.1) is 4.92 Å². The molecule has 1 aliphatic rings. The molecule has 1 saturated heterocycles. The van der Waals surface area contributed by atoms with Gasteiger partial charge in [-0.05, 0) is 57.3 Å². The first kappa shape index (κ1) is 13.8. The summed E-state index contributed by atoms with van der Waals surface area (Å²) in [5.74, 6) is 0.750. The molecule has 5 heteroatoms. The molecule has 0 bridgehead atoms. The Balaban J connectivity index is 1.82. The summed E-state index contributed by atoms with van der Waals surface area (Å²) in [6.45, 7) is 4.95. The smallest absolute Gasteiger partial charge is 0.272 e. The van der Waals surface area contributed by atoms with E-state index in [1.807, 2.05) is 6.07 Å². The molecular formula is C14H21N3O2. The van der Waals surface area contributed by atoms with E-state index in [9.17, 15) is 10.1 Å². The van der Waals surface area contributed by atoms with Gasteiger partial charge in [-0.3, -0.25) is 10.1 Å². The van der Waals surface area contributed by atoms with Crippen LogP contribution in [0.3, 0.4) is 0 Å². The Morgan fingerprint density at radius 3 is 3.00 bits per heavy atom. The molecule has 1 atom stereocenters. The molecule has 0 saturated carbocycles. The molecule has 0 radical (unpaired) electrons. The molecule has 104 valence electrons. The first-order chi connectivity index (χ1) is 9.16. The van der Waals surface area contributed by atoms with E-state index in [0.29, 0.717) is 5.56 Å². The van der Waals surface area contributed by atoms with Gasteiger partial charge in [0.15, 0.2) is 0 Å². The molecule has 0 aromatic heterocycles. The number of rotatable bonds is 5. The Kier molecular flexibility index (Phi) is 4.74. The highest BCUT2D eigenvalue weighted by Gasteiger charge is 2.13. The molecule has 1 fully saturated rings. The number of hydrogen-bond acceptors (Lipinski definition) is 4. The third-order valence-electron chi connectivity index (χ3n) is 3.67. The van der Waals surface area contributed by atoms with Gasteiger partial charge in [-0.15, -0.1) is 0 Å². The second-order valence-corrected chi connectivity index (χ2v) is 5.19. The maximum atomic E-state index is 10.7. The maximum Gasteiger partial charge on any atom is 0.272 e. The van der Waals surface area contributed by atoms with Crippen molar-refractivity contribution in [2.75, 3.05) is 25.0 Å². The zero-order valence-electron chi connectivity index (χ0n) is 11.3. The van der Waals surface area contributed by atoms with Crippen molar-refractivity contribution in [1.82, 2.24) is 5.32 Å². The van der Waals surface area contributed by atoms with Gasteiger partial charge in [0.25, 0.3) is 5.69 Å². The molecule has 1 heterocycles. The van der Waals surface area contributed by atoms with Crippen molar-refractivity contribution < 1.29 is 4.92 Å². The summed E-state index contributed by atoms with van der Waals surface area (Å²) in [5.41, 5.74) is 1.85. The normalized spacial score (nSPS) is 19.1. The van der Waals surface area contributed by atoms with E-state index in [1.54, 1.807) is 19.1 Å². The third-order valence-corrected chi connectivity index (χ3v) is 3.67. The van der Waals surface area contributed by atoms with Gasteiger partial charge < -0.3 is 10.6 Å². The van der Waals surface area contributed by atoms with Crippen molar-refractivity contribution in [1.29, 1.82) is 0 Å². The first-order valence-corrected chi connectivity index (χ1v) is 6.86. The highest BCUT2D eigenvalue weighted by molar-refractivity contribution is 5.53. The number of hydrogen-bond donors (Lipinski definition) is 2. The van der Waals surface area contributed by atoms with Crippen molar-refractivity contribution in [2.45, 2.75) is 26.2 Å². The fourth-order valence-electron chi connectivity index (χ4n) is 2.56. The second-order valence-electron chi connectivity index (χ2n) is 5.19. The summed E-state index contributed by atoms with van der Waals surface area (Å²) in [7, 11) is 0. The standard InChI is InChI=1S/C14H21N3O2/c1-11-9-13(4-5-14(11)17(18)19)16-8-6-12-3-2-7-15-10-12/h4-5,9,12,15-16H,2-3,6-8,10H2,1H3. The predicted octanol–water partition coefficient (Wildman–Crippen LogP) is 2.70. The Morgan fingerprint density at radius 2 is 2.37 bits per heavy atom. The van der Waals surface area contributed by atoms with E-state index in [0.717, 1.165) is 37.7 Å². The minimum Gasteiger partial charge on any atom is -0.385 e. The molecule has 2 N–H and O–H groups in total. The molecular weight excluding hydrogens is 242 g/mol. The van der Waals surface area contributed by atoms with E-state index in [1.165, 1.54) is 12.8 Å². The first-order valence-electron chi connectivity index (χ1n) is 6.86. The lowest BCUT2D eigenvalue weighted by molar-refractivity contribution is -0.385. The number of piperidine rings is 1. The summed E-state index contributed by atoms with van der Waals surface area (Å²) in [6, 6.07) is 5.20. The molecule has 0 amide bonds. The molecule has 1 aromatic carbocycles. The molecule has 2 rings (SSSR count). The quantitative estimate of drug-likeness (QED) is 0.633. The van der Waals surface area contributed by atoms with E-state index in [2.05, 4.69) is 10.6 Å². The molecule has 1 aromatic rings. The van der Waals surface area contributed by atoms with Crippen molar-refractivity contribution in [3.05, 3.63) is 33.9 Å². The van der Waals surface area contributed by atoms with Gasteiger partial charge in [0.2, 0.25) is 0 Å². The third kappa shape index (κ3) is 3.92. The number of nitrogens with zero attached hydrogens (tertiary/aromatic N) is 1. The second kappa shape index (κ2) is 6.52. The van der Waals surface area contributed by atoms with Crippen LogP contribution >= 0.6 is 0 Å². The Labute approximate surface area is 113 Å². The fraction of sp³-hybridized carbons (Fsp3) is 0.571. The van der Waals surface area contributed by atoms with Crippen LogP contribution in [0.15, 0.2) is 18.2 Å². The average molecular weight is 263 g/mol. The topological polar surface area (TPSA) is 67.2 Å². The lowest BCUT2D eigenvalue weighted by Crippen LogP contribution is -2.30. The molecule has 5 nitrogen and oxygen atoms in total. The lowest BCUT2D eigenvalue weighted by Gasteiger charge is -2.22. The van der Waals surface area contributed by atoms with Crippen LogP contribution in [-0.2, 0) is 0 Å². The van der Waals surface area contributed by atoms with Crippen LogP contribution in [-0.4, -0.2) is 24.6 Å². The summed E-state index contributed by atoms with van der Waals surface area (Å²) in [6.07, 6.45) is 3.71. The monoisotopic (exact) mass is 263 g/mol. The van der Waals surface area contributed by atoms with Gasteiger partial charge in [0, 0.05) is 23.9 Å². The van der Waals surface area contributed by atoms with Crippen LogP contribution in [0.1, 0.15) is 24.8 Å². The zero-order valence-corrected chi connectivity index (χ0v) is 11.3. The number of benzene rings is 1. The van der Waals surface area contributed by atoms with Crippen LogP contribution in [0.25, 0.3) is 0 Å². The number of nitro groups is 1. The average Bonchev–Trinajstić information content (AvgIpc) is 2.39. The number of nitro benzene ring substituents is 1. The van der Waals surface area contributed by atoms with E-state index in [-0.39, 0.29) is 10.6 Å². The number of anilines is 1. The summed E-state index contributed by atoms with van der Waals surface area (Å²) in [5, 5.41) is 17.5. The predicted molar refractivity (Wildman–Crippen MR) is 76.5 cm³/mol. The van der Waals surface area contributed by atoms with Crippen molar-refractivity contribution >= 4 is 11.4 Å². The van der Waals surface area contributed by atoms with Crippen molar-refractivity contribution in [3.8, 4) is 0 Å². The molecule has 0 spiro atoms. The number of aryl methyl sites for hydroxylation is 1. The highest BCUT2D eigenvalue weighted by Crippen LogP contribution is 2.22. The Hall–Kier alpha value is -1.62. The minimum atomic E-state index is -0.340. The van der Waals surface area contributed by atoms with E-state index >= 15 is 0 Å². The van der Waals surface area contributed by atoms with E-state index in [4.69, 9.17) is 0 Å². The van der Waals surface area contributed by atoms with Gasteiger partial charge in [-0.25, -0.2) is 0 Å². The minimum absolute atomic E-state index is 0.182. The van der Waals surface area contributed by atoms with Crippen LogP contribution in [0.4, 0.5) is 11.4 Å². The van der Waals surface area contributed by atoms with Crippen molar-refractivity contribution in [2.24, 2.45) is 5.92 Å². The van der Waals surface area contributed by atoms with Crippen LogP contribution in [0.2, 0.25) is 0 Å². The van der Waals surface area contributed by atoms with Crippen LogP contribution in [0, 0.1) is 23.0 Å².